The minimum atomic E-state index is -4.41. The summed E-state index contributed by atoms with van der Waals surface area (Å²) in [5, 5.41) is 0. The van der Waals surface area contributed by atoms with Gasteiger partial charge in [0.1, 0.15) is 0 Å². The molecule has 25 heavy (non-hydrogen) atoms. The Balaban J connectivity index is 5.80. The van der Waals surface area contributed by atoms with Crippen LogP contribution < -0.4 is 0 Å². The molecule has 0 saturated carbocycles. The van der Waals surface area contributed by atoms with Gasteiger partial charge in [0.25, 0.3) is 10.1 Å². The molecule has 0 heterocycles. The second-order valence-electron chi connectivity index (χ2n) is 6.49. The maximum atomic E-state index is 13.1. The molecule has 0 amide bonds. The van der Waals surface area contributed by atoms with Crippen LogP contribution in [0.3, 0.4) is 0 Å². The average Bonchev–Trinajstić information content (AvgIpc) is 2.55. The zero-order valence-electron chi connectivity index (χ0n) is 16.3. The minimum absolute atomic E-state index is 0.0355. The van der Waals surface area contributed by atoms with E-state index < -0.39 is 22.2 Å². The number of hydrogen-bond donors (Lipinski definition) is 1. The topological polar surface area (TPSA) is 89.9 Å². The number of unbranched alkanes of at least 4 members (excludes halogenated alkanes) is 4. The minimum Gasteiger partial charge on any atom is -0.323 e. The van der Waals surface area contributed by atoms with E-state index in [0.29, 0.717) is 25.7 Å². The Labute approximate surface area is 154 Å². The molecule has 0 bridgehead atoms. The quantitative estimate of drug-likeness (QED) is 0.217. The highest BCUT2D eigenvalue weighted by atomic mass is 32.2. The molecule has 1 unspecified atom stereocenters. The van der Waals surface area contributed by atoms with Crippen LogP contribution in [0, 0.1) is 0 Å². The lowest BCUT2D eigenvalue weighted by molar-refractivity contribution is 0.226. The lowest BCUT2D eigenvalue weighted by Gasteiger charge is -2.35. The van der Waals surface area contributed by atoms with Gasteiger partial charge in [-0.3, -0.25) is 8.75 Å². The zero-order chi connectivity index (χ0) is 19.4. The maximum Gasteiger partial charge on any atom is 0.351 e. The molecule has 0 aromatic rings. The molecule has 0 aromatic carbocycles. The molecule has 6 nitrogen and oxygen atoms in total. The van der Waals surface area contributed by atoms with Gasteiger partial charge in [-0.1, -0.05) is 66.2 Å². The summed E-state index contributed by atoms with van der Waals surface area (Å²) in [5.74, 6) is 0. The van der Waals surface area contributed by atoms with Crippen molar-refractivity contribution in [3.63, 3.8) is 0 Å². The lowest BCUT2D eigenvalue weighted by atomic mass is 10.1. The molecular weight excluding hydrogens is 363 g/mol. The van der Waals surface area contributed by atoms with E-state index in [4.69, 9.17) is 8.71 Å². The highest BCUT2D eigenvalue weighted by Gasteiger charge is 2.58. The van der Waals surface area contributed by atoms with E-state index >= 15 is 0 Å². The van der Waals surface area contributed by atoms with Crippen LogP contribution in [0.15, 0.2) is 0 Å². The first-order valence-electron chi connectivity index (χ1n) is 9.61. The highest BCUT2D eigenvalue weighted by molar-refractivity contribution is 7.95. The molecule has 0 aliphatic rings. The van der Waals surface area contributed by atoms with Gasteiger partial charge in [-0.15, -0.1) is 0 Å². The van der Waals surface area contributed by atoms with Crippen LogP contribution in [0.25, 0.3) is 0 Å². The third-order valence-electron chi connectivity index (χ3n) is 4.32. The normalized spacial score (nSPS) is 15.2. The second kappa shape index (κ2) is 12.4. The van der Waals surface area contributed by atoms with Crippen molar-refractivity contribution >= 4 is 17.7 Å². The maximum absolute atomic E-state index is 13.1. The number of rotatable bonds is 16. The van der Waals surface area contributed by atoms with Gasteiger partial charge in [-0.2, -0.15) is 8.42 Å². The summed E-state index contributed by atoms with van der Waals surface area (Å²) >= 11 is 0. The standard InChI is InChI=1S/C17H37O6PS/c1-5-9-13-17(14-10-6-2,24(18,19)22-15-11-7-3)25(20,21)23-16-12-8-4/h5-16H2,1-4H3,(H,18,19). The van der Waals surface area contributed by atoms with Crippen LogP contribution in [-0.2, 0) is 23.4 Å². The Morgan fingerprint density at radius 3 is 1.72 bits per heavy atom. The summed E-state index contributed by atoms with van der Waals surface area (Å²) in [5.41, 5.74) is 0. The molecule has 0 aliphatic heterocycles. The Morgan fingerprint density at radius 2 is 1.28 bits per heavy atom. The summed E-state index contributed by atoms with van der Waals surface area (Å²) in [6.07, 6.45) is 5.47. The predicted molar refractivity (Wildman–Crippen MR) is 102 cm³/mol. The van der Waals surface area contributed by atoms with E-state index in [1.165, 1.54) is 0 Å². The Morgan fingerprint density at radius 1 is 0.840 bits per heavy atom. The summed E-state index contributed by atoms with van der Waals surface area (Å²) in [6, 6.07) is 0. The van der Waals surface area contributed by atoms with E-state index in [-0.39, 0.29) is 26.1 Å². The monoisotopic (exact) mass is 400 g/mol. The van der Waals surface area contributed by atoms with Gasteiger partial charge in [0.2, 0.25) is 0 Å². The molecule has 8 heteroatoms. The average molecular weight is 401 g/mol. The molecule has 0 rings (SSSR count). The van der Waals surface area contributed by atoms with Gasteiger partial charge >= 0.3 is 7.60 Å². The van der Waals surface area contributed by atoms with Crippen molar-refractivity contribution < 1.29 is 26.6 Å². The largest absolute Gasteiger partial charge is 0.351 e. The summed E-state index contributed by atoms with van der Waals surface area (Å²) in [6.45, 7) is 7.84. The first-order valence-corrected chi connectivity index (χ1v) is 12.6. The summed E-state index contributed by atoms with van der Waals surface area (Å²) in [4.78, 5) is 10.7. The van der Waals surface area contributed by atoms with Crippen molar-refractivity contribution in [2.45, 2.75) is 96.4 Å². The highest BCUT2D eigenvalue weighted by Crippen LogP contribution is 2.63. The molecule has 0 saturated heterocycles. The molecule has 0 aromatic heterocycles. The Hall–Kier alpha value is 0.0600. The van der Waals surface area contributed by atoms with Gasteiger partial charge in [0.05, 0.1) is 13.2 Å². The zero-order valence-corrected chi connectivity index (χ0v) is 18.0. The fraction of sp³-hybridized carbons (Fsp3) is 1.00. The molecule has 152 valence electrons. The summed E-state index contributed by atoms with van der Waals surface area (Å²) in [7, 11) is -8.64. The van der Waals surface area contributed by atoms with Crippen LogP contribution in [0.5, 0.6) is 0 Å². The summed E-state index contributed by atoms with van der Waals surface area (Å²) < 4.78 is 47.6. The van der Waals surface area contributed by atoms with Gasteiger partial charge < -0.3 is 9.42 Å². The first-order chi connectivity index (χ1) is 11.7. The Kier molecular flexibility index (Phi) is 12.5. The van der Waals surface area contributed by atoms with Crippen LogP contribution in [-0.4, -0.2) is 31.0 Å². The van der Waals surface area contributed by atoms with Crippen molar-refractivity contribution in [2.75, 3.05) is 13.2 Å². The van der Waals surface area contributed by atoms with Crippen molar-refractivity contribution in [1.82, 2.24) is 0 Å². The lowest BCUT2D eigenvalue weighted by Crippen LogP contribution is -2.41. The second-order valence-corrected chi connectivity index (χ2v) is 10.9. The van der Waals surface area contributed by atoms with Crippen molar-refractivity contribution in [3.8, 4) is 0 Å². The van der Waals surface area contributed by atoms with Gasteiger partial charge in [0.15, 0.2) is 4.49 Å². The van der Waals surface area contributed by atoms with Crippen LogP contribution in [0.2, 0.25) is 0 Å². The smallest absolute Gasteiger partial charge is 0.323 e. The fourth-order valence-electron chi connectivity index (χ4n) is 2.58. The van der Waals surface area contributed by atoms with E-state index in [1.807, 2.05) is 27.7 Å². The van der Waals surface area contributed by atoms with Crippen LogP contribution in [0.1, 0.15) is 91.9 Å². The van der Waals surface area contributed by atoms with Crippen molar-refractivity contribution in [1.29, 1.82) is 0 Å². The van der Waals surface area contributed by atoms with Crippen molar-refractivity contribution in [2.24, 2.45) is 0 Å². The molecular formula is C17H37O6PS. The van der Waals surface area contributed by atoms with Gasteiger partial charge in [-0.25, -0.2) is 0 Å². The van der Waals surface area contributed by atoms with E-state index in [9.17, 15) is 17.9 Å². The molecule has 1 N–H and O–H groups in total. The van der Waals surface area contributed by atoms with E-state index in [2.05, 4.69) is 0 Å². The molecule has 0 fully saturated rings. The molecule has 1 atom stereocenters. The van der Waals surface area contributed by atoms with Gasteiger partial charge in [-0.05, 0) is 25.7 Å². The third-order valence-corrected chi connectivity index (χ3v) is 9.51. The number of hydrogen-bond acceptors (Lipinski definition) is 5. The fourth-order valence-corrected chi connectivity index (χ4v) is 6.86. The van der Waals surface area contributed by atoms with Crippen LogP contribution in [0.4, 0.5) is 0 Å². The first kappa shape index (κ1) is 25.1. The predicted octanol–water partition coefficient (Wildman–Crippen LogP) is 5.21. The molecule has 0 aliphatic carbocycles. The van der Waals surface area contributed by atoms with Crippen LogP contribution >= 0.6 is 7.60 Å². The van der Waals surface area contributed by atoms with E-state index in [1.54, 1.807) is 0 Å². The Bertz CT molecular complexity index is 483. The van der Waals surface area contributed by atoms with E-state index in [0.717, 1.165) is 25.7 Å². The molecule has 0 spiro atoms. The van der Waals surface area contributed by atoms with Gasteiger partial charge in [0, 0.05) is 0 Å². The molecule has 0 radical (unpaired) electrons. The third kappa shape index (κ3) is 7.30. The SMILES string of the molecule is CCCCOP(=O)(O)C(CCCC)(CCCC)S(=O)(=O)OCCCC. The van der Waals surface area contributed by atoms with Crippen molar-refractivity contribution in [3.05, 3.63) is 0 Å².